The van der Waals surface area contributed by atoms with Gasteiger partial charge in [0.05, 0.1) is 19.0 Å². The van der Waals surface area contributed by atoms with Crippen LogP contribution in [0.25, 0.3) is 0 Å². The Balaban J connectivity index is 2.14. The highest BCUT2D eigenvalue weighted by Gasteiger charge is 2.19. The van der Waals surface area contributed by atoms with Crippen LogP contribution in [0.3, 0.4) is 0 Å². The van der Waals surface area contributed by atoms with Crippen molar-refractivity contribution in [2.24, 2.45) is 0 Å². The number of nitrogens with zero attached hydrogens (tertiary/aromatic N) is 2. The maximum absolute atomic E-state index is 2.53. The zero-order chi connectivity index (χ0) is 21.2. The topological polar surface area (TPSA) is 8.81 Å². The van der Waals surface area contributed by atoms with Crippen LogP contribution in [0.1, 0.15) is 149 Å². The summed E-state index contributed by atoms with van der Waals surface area (Å²) in [5, 5.41) is 0. The Morgan fingerprint density at radius 1 is 0.655 bits per heavy atom. The van der Waals surface area contributed by atoms with Gasteiger partial charge in [-0.3, -0.25) is 0 Å². The lowest BCUT2D eigenvalue weighted by Gasteiger charge is -2.08. The first-order chi connectivity index (χ1) is 14.2. The van der Waals surface area contributed by atoms with Crippen LogP contribution in [-0.4, -0.2) is 4.57 Å². The molecular weight excluding hydrogens is 352 g/mol. The van der Waals surface area contributed by atoms with E-state index in [1.807, 2.05) is 0 Å². The highest BCUT2D eigenvalue weighted by atomic mass is 15.1. The van der Waals surface area contributed by atoms with E-state index in [-0.39, 0.29) is 0 Å². The SMILES string of the molecule is CCCCCCCCCCCCCCn1cc[n+](CCCCCCC)c1C(C)C. The smallest absolute Gasteiger partial charge is 0.234 e. The molecule has 0 unspecified atom stereocenters. The van der Waals surface area contributed by atoms with E-state index in [9.17, 15) is 0 Å². The molecule has 0 aliphatic rings. The Morgan fingerprint density at radius 3 is 1.59 bits per heavy atom. The summed E-state index contributed by atoms with van der Waals surface area (Å²) in [6.07, 6.45) is 28.6. The van der Waals surface area contributed by atoms with Crippen molar-refractivity contribution in [2.45, 2.75) is 156 Å². The van der Waals surface area contributed by atoms with Gasteiger partial charge in [-0.1, -0.05) is 111 Å². The number of hydrogen-bond acceptors (Lipinski definition) is 0. The summed E-state index contributed by atoms with van der Waals surface area (Å²) in [4.78, 5) is 0. The van der Waals surface area contributed by atoms with E-state index in [1.54, 1.807) is 0 Å². The molecule has 1 aromatic rings. The van der Waals surface area contributed by atoms with Crippen molar-refractivity contribution in [2.75, 3.05) is 0 Å². The Labute approximate surface area is 183 Å². The third-order valence-corrected chi connectivity index (χ3v) is 6.29. The average molecular weight is 406 g/mol. The van der Waals surface area contributed by atoms with Gasteiger partial charge in [0.1, 0.15) is 12.4 Å². The van der Waals surface area contributed by atoms with Crippen LogP contribution in [0, 0.1) is 0 Å². The van der Waals surface area contributed by atoms with Crippen molar-refractivity contribution in [1.82, 2.24) is 4.57 Å². The van der Waals surface area contributed by atoms with Crippen molar-refractivity contribution >= 4 is 0 Å². The molecule has 0 aliphatic carbocycles. The zero-order valence-electron chi connectivity index (χ0n) is 20.6. The molecule has 0 N–H and O–H groups in total. The van der Waals surface area contributed by atoms with Crippen LogP contribution in [-0.2, 0) is 13.1 Å². The molecule has 1 heterocycles. The van der Waals surface area contributed by atoms with Crippen molar-refractivity contribution in [3.05, 3.63) is 18.2 Å². The predicted octanol–water partition coefficient (Wildman–Crippen LogP) is 8.57. The van der Waals surface area contributed by atoms with Crippen LogP contribution in [0.5, 0.6) is 0 Å². The largest absolute Gasteiger partial charge is 0.258 e. The molecule has 170 valence electrons. The molecular formula is C27H53N2+. The third-order valence-electron chi connectivity index (χ3n) is 6.29. The molecule has 2 heteroatoms. The zero-order valence-corrected chi connectivity index (χ0v) is 20.6. The molecule has 29 heavy (non-hydrogen) atoms. The van der Waals surface area contributed by atoms with E-state index in [0.29, 0.717) is 5.92 Å². The quantitative estimate of drug-likeness (QED) is 0.152. The van der Waals surface area contributed by atoms with Gasteiger partial charge in [0.15, 0.2) is 0 Å². The highest BCUT2D eigenvalue weighted by Crippen LogP contribution is 2.15. The summed E-state index contributed by atoms with van der Waals surface area (Å²) < 4.78 is 5.06. The monoisotopic (exact) mass is 405 g/mol. The molecule has 0 atom stereocenters. The number of hydrogen-bond donors (Lipinski definition) is 0. The van der Waals surface area contributed by atoms with Gasteiger partial charge < -0.3 is 0 Å². The summed E-state index contributed by atoms with van der Waals surface area (Å²) >= 11 is 0. The molecule has 0 spiro atoms. The fourth-order valence-electron chi connectivity index (χ4n) is 4.53. The Hall–Kier alpha value is -0.790. The van der Waals surface area contributed by atoms with Crippen LogP contribution in [0.15, 0.2) is 12.4 Å². The predicted molar refractivity (Wildman–Crippen MR) is 129 cm³/mol. The molecule has 0 saturated heterocycles. The van der Waals surface area contributed by atoms with Gasteiger partial charge in [-0.05, 0) is 25.7 Å². The molecule has 0 bridgehead atoms. The standard InChI is InChI=1S/C27H53N2/c1-5-7-9-11-12-13-14-15-16-17-19-21-23-29-25-24-28(27(29)26(3)4)22-20-18-10-8-6-2/h24-26H,5-23H2,1-4H3/q+1. The lowest BCUT2D eigenvalue weighted by Crippen LogP contribution is -2.38. The lowest BCUT2D eigenvalue weighted by molar-refractivity contribution is -0.705. The molecule has 1 aromatic heterocycles. The van der Waals surface area contributed by atoms with Gasteiger partial charge in [0, 0.05) is 0 Å². The van der Waals surface area contributed by atoms with Crippen molar-refractivity contribution in [3.63, 3.8) is 0 Å². The molecule has 0 radical (unpaired) electrons. The van der Waals surface area contributed by atoms with E-state index in [4.69, 9.17) is 0 Å². The molecule has 2 nitrogen and oxygen atoms in total. The van der Waals surface area contributed by atoms with Gasteiger partial charge in [-0.15, -0.1) is 0 Å². The van der Waals surface area contributed by atoms with E-state index >= 15 is 0 Å². The minimum Gasteiger partial charge on any atom is -0.234 e. The van der Waals surface area contributed by atoms with Crippen molar-refractivity contribution < 1.29 is 4.57 Å². The minimum absolute atomic E-state index is 0.609. The second-order valence-corrected chi connectivity index (χ2v) is 9.50. The third kappa shape index (κ3) is 12.5. The van der Waals surface area contributed by atoms with Crippen LogP contribution < -0.4 is 4.57 Å². The fourth-order valence-corrected chi connectivity index (χ4v) is 4.53. The number of aromatic nitrogens is 2. The number of imidazole rings is 1. The maximum Gasteiger partial charge on any atom is 0.258 e. The van der Waals surface area contributed by atoms with Crippen LogP contribution >= 0.6 is 0 Å². The maximum atomic E-state index is 2.53. The summed E-state index contributed by atoms with van der Waals surface area (Å²) in [5.74, 6) is 2.14. The normalized spacial score (nSPS) is 11.6. The first-order valence-electron chi connectivity index (χ1n) is 13.3. The van der Waals surface area contributed by atoms with E-state index in [2.05, 4.69) is 49.2 Å². The van der Waals surface area contributed by atoms with E-state index < -0.39 is 0 Å². The number of rotatable bonds is 20. The second-order valence-electron chi connectivity index (χ2n) is 9.50. The fraction of sp³-hybridized carbons (Fsp3) is 0.889. The summed E-state index contributed by atoms with van der Waals surface area (Å²) in [7, 11) is 0. The van der Waals surface area contributed by atoms with Crippen LogP contribution in [0.4, 0.5) is 0 Å². The van der Waals surface area contributed by atoms with Crippen molar-refractivity contribution in [3.8, 4) is 0 Å². The molecule has 0 aliphatic heterocycles. The van der Waals surface area contributed by atoms with Gasteiger partial charge >= 0.3 is 0 Å². The van der Waals surface area contributed by atoms with Crippen LogP contribution in [0.2, 0.25) is 0 Å². The first kappa shape index (κ1) is 26.2. The van der Waals surface area contributed by atoms with Gasteiger partial charge in [0.2, 0.25) is 0 Å². The first-order valence-corrected chi connectivity index (χ1v) is 13.3. The van der Waals surface area contributed by atoms with Gasteiger partial charge in [-0.2, -0.15) is 0 Å². The summed E-state index contributed by atoms with van der Waals surface area (Å²) in [6, 6.07) is 0. The minimum atomic E-state index is 0.609. The van der Waals surface area contributed by atoms with Gasteiger partial charge in [0.25, 0.3) is 5.82 Å². The van der Waals surface area contributed by atoms with E-state index in [1.165, 1.54) is 128 Å². The second kappa shape index (κ2) is 18.0. The highest BCUT2D eigenvalue weighted by molar-refractivity contribution is 4.89. The Kier molecular flexibility index (Phi) is 16.3. The van der Waals surface area contributed by atoms with Crippen molar-refractivity contribution in [1.29, 1.82) is 0 Å². The number of aryl methyl sites for hydroxylation is 2. The summed E-state index contributed by atoms with van der Waals surface area (Å²) in [6.45, 7) is 11.7. The Morgan fingerprint density at radius 2 is 1.10 bits per heavy atom. The molecule has 0 amide bonds. The Bertz CT molecular complexity index is 475. The molecule has 1 rings (SSSR count). The van der Waals surface area contributed by atoms with Gasteiger partial charge in [-0.25, -0.2) is 9.13 Å². The average Bonchev–Trinajstić information content (AvgIpc) is 3.11. The number of unbranched alkanes of at least 4 members (excludes halogenated alkanes) is 15. The molecule has 0 aromatic carbocycles. The lowest BCUT2D eigenvalue weighted by atomic mass is 10.1. The molecule has 0 fully saturated rings. The summed E-state index contributed by atoms with van der Waals surface area (Å²) in [5.41, 5.74) is 0. The molecule has 0 saturated carbocycles. The van der Waals surface area contributed by atoms with E-state index in [0.717, 1.165) is 0 Å².